The summed E-state index contributed by atoms with van der Waals surface area (Å²) in [6.45, 7) is 1.89. The van der Waals surface area contributed by atoms with Crippen molar-refractivity contribution in [1.82, 2.24) is 4.72 Å². The van der Waals surface area contributed by atoms with Gasteiger partial charge in [-0.3, -0.25) is 4.79 Å². The number of para-hydroxylation sites is 1. The van der Waals surface area contributed by atoms with Gasteiger partial charge >= 0.3 is 0 Å². The number of hydrogen-bond acceptors (Lipinski definition) is 4. The summed E-state index contributed by atoms with van der Waals surface area (Å²) in [6.07, 6.45) is 0. The van der Waals surface area contributed by atoms with E-state index in [-0.39, 0.29) is 22.8 Å². The fourth-order valence-corrected chi connectivity index (χ4v) is 3.47. The molecule has 8 heteroatoms. The Morgan fingerprint density at radius 3 is 2.54 bits per heavy atom. The lowest BCUT2D eigenvalue weighted by molar-refractivity contribution is 0.102. The molecule has 0 saturated heterocycles. The van der Waals surface area contributed by atoms with Crippen molar-refractivity contribution in [2.75, 3.05) is 19.0 Å². The first kappa shape index (κ1) is 18.3. The second-order valence-electron chi connectivity index (χ2n) is 4.80. The molecule has 0 unspecified atom stereocenters. The minimum atomic E-state index is -3.77. The highest BCUT2D eigenvalue weighted by Crippen LogP contribution is 2.26. The number of rotatable bonds is 6. The van der Waals surface area contributed by atoms with E-state index in [0.29, 0.717) is 10.7 Å². The van der Waals surface area contributed by atoms with Crippen LogP contribution in [0.4, 0.5) is 5.69 Å². The average Bonchev–Trinajstić information content (AvgIpc) is 2.56. The number of anilines is 1. The van der Waals surface area contributed by atoms with Crippen LogP contribution in [-0.4, -0.2) is 28.0 Å². The molecule has 0 bridgehead atoms. The van der Waals surface area contributed by atoms with Crippen LogP contribution in [-0.2, 0) is 10.0 Å². The SMILES string of the molecule is CCNS(=O)(=O)c1cc(C(=O)Nc2ccccc2Cl)ccc1OC. The number of methoxy groups -OCH3 is 1. The third-order valence-corrected chi connectivity index (χ3v) is 5.07. The highest BCUT2D eigenvalue weighted by molar-refractivity contribution is 7.89. The van der Waals surface area contributed by atoms with Gasteiger partial charge in [0.15, 0.2) is 0 Å². The van der Waals surface area contributed by atoms with Gasteiger partial charge in [0, 0.05) is 12.1 Å². The van der Waals surface area contributed by atoms with E-state index >= 15 is 0 Å². The van der Waals surface area contributed by atoms with Crippen molar-refractivity contribution in [2.24, 2.45) is 0 Å². The highest BCUT2D eigenvalue weighted by atomic mass is 35.5. The van der Waals surface area contributed by atoms with Crippen LogP contribution in [0.1, 0.15) is 17.3 Å². The Labute approximate surface area is 145 Å². The maximum absolute atomic E-state index is 12.4. The quantitative estimate of drug-likeness (QED) is 0.821. The number of sulfonamides is 1. The van der Waals surface area contributed by atoms with Gasteiger partial charge in [-0.25, -0.2) is 13.1 Å². The first-order chi connectivity index (χ1) is 11.4. The number of carbonyl (C=O) groups excluding carboxylic acids is 1. The van der Waals surface area contributed by atoms with Gasteiger partial charge in [-0.2, -0.15) is 0 Å². The molecule has 6 nitrogen and oxygen atoms in total. The zero-order valence-corrected chi connectivity index (χ0v) is 14.7. The average molecular weight is 369 g/mol. The summed E-state index contributed by atoms with van der Waals surface area (Å²) < 4.78 is 32.0. The van der Waals surface area contributed by atoms with Gasteiger partial charge in [0.05, 0.1) is 17.8 Å². The molecule has 1 amide bonds. The van der Waals surface area contributed by atoms with Crippen molar-refractivity contribution in [3.8, 4) is 5.75 Å². The Morgan fingerprint density at radius 2 is 1.92 bits per heavy atom. The molecule has 0 heterocycles. The van der Waals surface area contributed by atoms with Gasteiger partial charge in [0.25, 0.3) is 5.91 Å². The van der Waals surface area contributed by atoms with E-state index in [9.17, 15) is 13.2 Å². The lowest BCUT2D eigenvalue weighted by Gasteiger charge is -2.12. The molecular formula is C16H17ClN2O4S. The summed E-state index contributed by atoms with van der Waals surface area (Å²) in [4.78, 5) is 12.3. The van der Waals surface area contributed by atoms with Crippen molar-refractivity contribution in [2.45, 2.75) is 11.8 Å². The van der Waals surface area contributed by atoms with Crippen LogP contribution in [0.3, 0.4) is 0 Å². The Morgan fingerprint density at radius 1 is 1.21 bits per heavy atom. The summed E-state index contributed by atoms with van der Waals surface area (Å²) in [5, 5.41) is 3.04. The van der Waals surface area contributed by atoms with Crippen LogP contribution < -0.4 is 14.8 Å². The van der Waals surface area contributed by atoms with Crippen LogP contribution in [0.25, 0.3) is 0 Å². The lowest BCUT2D eigenvalue weighted by Crippen LogP contribution is -2.24. The van der Waals surface area contributed by atoms with Gasteiger partial charge in [-0.1, -0.05) is 30.7 Å². The van der Waals surface area contributed by atoms with Crippen molar-refractivity contribution in [3.63, 3.8) is 0 Å². The molecule has 2 aromatic rings. The maximum atomic E-state index is 12.4. The van der Waals surface area contributed by atoms with E-state index in [0.717, 1.165) is 0 Å². The van der Waals surface area contributed by atoms with E-state index in [2.05, 4.69) is 10.0 Å². The van der Waals surface area contributed by atoms with Gasteiger partial charge in [0.1, 0.15) is 10.6 Å². The van der Waals surface area contributed by atoms with Crippen molar-refractivity contribution < 1.29 is 17.9 Å². The molecule has 2 N–H and O–H groups in total. The standard InChI is InChI=1S/C16H17ClN2O4S/c1-3-18-24(21,22)15-10-11(8-9-14(15)23-2)16(20)19-13-7-5-4-6-12(13)17/h4-10,18H,3H2,1-2H3,(H,19,20). The molecule has 2 rings (SSSR count). The molecule has 0 radical (unpaired) electrons. The van der Waals surface area contributed by atoms with E-state index in [1.165, 1.54) is 25.3 Å². The minimum absolute atomic E-state index is 0.0985. The summed E-state index contributed by atoms with van der Waals surface area (Å²) >= 11 is 6.01. The van der Waals surface area contributed by atoms with E-state index < -0.39 is 15.9 Å². The largest absolute Gasteiger partial charge is 0.495 e. The third kappa shape index (κ3) is 4.05. The summed E-state index contributed by atoms with van der Waals surface area (Å²) in [6, 6.07) is 11.0. The fourth-order valence-electron chi connectivity index (χ4n) is 2.05. The number of benzene rings is 2. The first-order valence-electron chi connectivity index (χ1n) is 7.12. The zero-order valence-electron chi connectivity index (χ0n) is 13.2. The second-order valence-corrected chi connectivity index (χ2v) is 6.94. The van der Waals surface area contributed by atoms with Gasteiger partial charge in [0.2, 0.25) is 10.0 Å². The molecule has 0 spiro atoms. The summed E-state index contributed by atoms with van der Waals surface area (Å²) in [5.41, 5.74) is 0.614. The molecule has 0 fully saturated rings. The number of nitrogens with one attached hydrogen (secondary N) is 2. The third-order valence-electron chi connectivity index (χ3n) is 3.17. The molecular weight excluding hydrogens is 352 g/mol. The van der Waals surface area contributed by atoms with E-state index in [4.69, 9.17) is 16.3 Å². The van der Waals surface area contributed by atoms with Gasteiger partial charge in [-0.15, -0.1) is 0 Å². The number of amides is 1. The molecule has 0 aliphatic carbocycles. The fraction of sp³-hybridized carbons (Fsp3) is 0.188. The molecule has 2 aromatic carbocycles. The predicted molar refractivity (Wildman–Crippen MR) is 93.3 cm³/mol. The lowest BCUT2D eigenvalue weighted by atomic mass is 10.2. The zero-order chi connectivity index (χ0) is 17.7. The maximum Gasteiger partial charge on any atom is 0.255 e. The normalized spacial score (nSPS) is 11.1. The number of carbonyl (C=O) groups is 1. The molecule has 24 heavy (non-hydrogen) atoms. The summed E-state index contributed by atoms with van der Waals surface area (Å²) in [5.74, 6) is -0.316. The number of hydrogen-bond donors (Lipinski definition) is 2. The van der Waals surface area contributed by atoms with E-state index in [1.807, 2.05) is 0 Å². The molecule has 0 aliphatic heterocycles. The monoisotopic (exact) mass is 368 g/mol. The Kier molecular flexibility index (Phi) is 5.82. The van der Waals surface area contributed by atoms with Crippen molar-refractivity contribution in [1.29, 1.82) is 0 Å². The topological polar surface area (TPSA) is 84.5 Å². The Bertz CT molecular complexity index is 853. The smallest absolute Gasteiger partial charge is 0.255 e. The highest BCUT2D eigenvalue weighted by Gasteiger charge is 2.21. The van der Waals surface area contributed by atoms with Crippen LogP contribution in [0.2, 0.25) is 5.02 Å². The van der Waals surface area contributed by atoms with Crippen molar-refractivity contribution >= 4 is 33.2 Å². The second kappa shape index (κ2) is 7.65. The van der Waals surface area contributed by atoms with Crippen LogP contribution >= 0.6 is 11.6 Å². The molecule has 0 saturated carbocycles. The Hall–Kier alpha value is -2.09. The first-order valence-corrected chi connectivity index (χ1v) is 8.98. The van der Waals surface area contributed by atoms with E-state index in [1.54, 1.807) is 31.2 Å². The van der Waals surface area contributed by atoms with Crippen molar-refractivity contribution in [3.05, 3.63) is 53.1 Å². The molecule has 0 atom stereocenters. The minimum Gasteiger partial charge on any atom is -0.495 e. The predicted octanol–water partition coefficient (Wildman–Crippen LogP) is 2.90. The molecule has 0 aromatic heterocycles. The van der Waals surface area contributed by atoms with Crippen LogP contribution in [0.15, 0.2) is 47.4 Å². The molecule has 0 aliphatic rings. The number of ether oxygens (including phenoxy) is 1. The molecule has 128 valence electrons. The van der Waals surface area contributed by atoms with Gasteiger partial charge in [-0.05, 0) is 30.3 Å². The Balaban J connectivity index is 2.38. The number of halogens is 1. The summed E-state index contributed by atoms with van der Waals surface area (Å²) in [7, 11) is -2.41. The van der Waals surface area contributed by atoms with Crippen LogP contribution in [0.5, 0.6) is 5.75 Å². The van der Waals surface area contributed by atoms with Crippen LogP contribution in [0, 0.1) is 0 Å². The van der Waals surface area contributed by atoms with Gasteiger partial charge < -0.3 is 10.1 Å².